The third-order valence-corrected chi connectivity index (χ3v) is 11.0. The van der Waals surface area contributed by atoms with Crippen LogP contribution in [-0.2, 0) is 19.1 Å². The zero-order valence-electron chi connectivity index (χ0n) is 22.3. The second-order valence-corrected chi connectivity index (χ2v) is 13.4. The first-order chi connectivity index (χ1) is 15.3. The minimum Gasteiger partial charge on any atom is -0.465 e. The third-order valence-electron chi connectivity index (χ3n) is 11.0. The molecule has 0 amide bonds. The predicted molar refractivity (Wildman–Crippen MR) is 130 cm³/mol. The summed E-state index contributed by atoms with van der Waals surface area (Å²) >= 11 is 0. The Balaban J connectivity index is 1.77. The van der Waals surface area contributed by atoms with Gasteiger partial charge < -0.3 is 9.47 Å². The summed E-state index contributed by atoms with van der Waals surface area (Å²) in [4.78, 5) is 23.9. The maximum Gasteiger partial charge on any atom is 0.302 e. The van der Waals surface area contributed by atoms with Crippen molar-refractivity contribution in [1.82, 2.24) is 0 Å². The van der Waals surface area contributed by atoms with Crippen LogP contribution in [0.15, 0.2) is 11.6 Å². The van der Waals surface area contributed by atoms with Gasteiger partial charge in [0.2, 0.25) is 0 Å². The van der Waals surface area contributed by atoms with E-state index in [0.717, 1.165) is 12.8 Å². The van der Waals surface area contributed by atoms with E-state index in [-0.39, 0.29) is 45.6 Å². The van der Waals surface area contributed by atoms with Gasteiger partial charge >= 0.3 is 11.9 Å². The standard InChI is InChI=1S/C29H46O4/c1-18-10-11-23-27(6,21(18)17-32-19(2)30)15-12-24-28(7)14-9-13-26(4,5)25(28)22(33-20(3)31)16-29(23,24)8/h10,21-25H,9,11-17H2,1-8H3/t21-,22+,23?,24?,25?,27-,28-,29+/m1/s1. The molecule has 0 bridgehead atoms. The van der Waals surface area contributed by atoms with Crippen LogP contribution in [0.25, 0.3) is 0 Å². The Labute approximate surface area is 201 Å². The highest BCUT2D eigenvalue weighted by molar-refractivity contribution is 5.66. The molecule has 0 aromatic heterocycles. The Morgan fingerprint density at radius 1 is 0.939 bits per heavy atom. The lowest BCUT2D eigenvalue weighted by Crippen LogP contribution is -2.66. The molecule has 3 saturated carbocycles. The number of allylic oxidation sites excluding steroid dienone is 1. The maximum absolute atomic E-state index is 12.3. The predicted octanol–water partition coefficient (Wildman–Crippen LogP) is 6.72. The van der Waals surface area contributed by atoms with Crippen molar-refractivity contribution in [3.8, 4) is 0 Å². The third kappa shape index (κ3) is 3.78. The lowest BCUT2D eigenvalue weighted by molar-refractivity contribution is -0.243. The minimum atomic E-state index is -0.194. The number of carbonyl (C=O) groups is 2. The highest BCUT2D eigenvalue weighted by Crippen LogP contribution is 2.73. The first-order valence-corrected chi connectivity index (χ1v) is 13.2. The molecule has 4 aliphatic rings. The minimum absolute atomic E-state index is 0.0228. The number of ether oxygens (including phenoxy) is 2. The van der Waals surface area contributed by atoms with E-state index in [1.54, 1.807) is 6.92 Å². The first kappa shape index (κ1) is 24.8. The van der Waals surface area contributed by atoms with Crippen LogP contribution in [0.2, 0.25) is 0 Å². The highest BCUT2D eigenvalue weighted by atomic mass is 16.5. The van der Waals surface area contributed by atoms with Gasteiger partial charge in [0.05, 0.1) is 6.61 Å². The second-order valence-electron chi connectivity index (χ2n) is 13.4. The lowest BCUT2D eigenvalue weighted by atomic mass is 9.34. The molecule has 0 aliphatic heterocycles. The van der Waals surface area contributed by atoms with Crippen molar-refractivity contribution in [1.29, 1.82) is 0 Å². The Hall–Kier alpha value is -1.32. The van der Waals surface area contributed by atoms with E-state index in [2.05, 4.69) is 47.6 Å². The fourth-order valence-electron chi connectivity index (χ4n) is 10.1. The molecule has 0 aromatic carbocycles. The van der Waals surface area contributed by atoms with E-state index in [9.17, 15) is 9.59 Å². The average molecular weight is 459 g/mol. The van der Waals surface area contributed by atoms with Crippen LogP contribution in [0, 0.1) is 45.3 Å². The van der Waals surface area contributed by atoms with Crippen LogP contribution in [0.4, 0.5) is 0 Å². The van der Waals surface area contributed by atoms with E-state index in [0.29, 0.717) is 24.4 Å². The largest absolute Gasteiger partial charge is 0.465 e. The molecule has 33 heavy (non-hydrogen) atoms. The molecule has 4 aliphatic carbocycles. The number of rotatable bonds is 3. The molecule has 4 rings (SSSR count). The summed E-state index contributed by atoms with van der Waals surface area (Å²) < 4.78 is 11.8. The van der Waals surface area contributed by atoms with Gasteiger partial charge in [0.1, 0.15) is 6.10 Å². The quantitative estimate of drug-likeness (QED) is 0.348. The number of esters is 2. The molecule has 0 N–H and O–H groups in total. The molecule has 3 unspecified atom stereocenters. The molecular formula is C29H46O4. The number of carbonyl (C=O) groups excluding carboxylic acids is 2. The van der Waals surface area contributed by atoms with Crippen molar-refractivity contribution in [2.75, 3.05) is 6.61 Å². The van der Waals surface area contributed by atoms with Gasteiger partial charge in [0, 0.05) is 25.7 Å². The van der Waals surface area contributed by atoms with Crippen molar-refractivity contribution >= 4 is 11.9 Å². The summed E-state index contributed by atoms with van der Waals surface area (Å²) in [6, 6.07) is 0. The van der Waals surface area contributed by atoms with Gasteiger partial charge in [0.15, 0.2) is 0 Å². The fourth-order valence-corrected chi connectivity index (χ4v) is 10.1. The lowest BCUT2D eigenvalue weighted by Gasteiger charge is -2.70. The average Bonchev–Trinajstić information content (AvgIpc) is 2.64. The van der Waals surface area contributed by atoms with Gasteiger partial charge in [-0.1, -0.05) is 52.7 Å². The summed E-state index contributed by atoms with van der Waals surface area (Å²) in [5, 5.41) is 0. The van der Waals surface area contributed by atoms with E-state index in [1.165, 1.54) is 44.6 Å². The van der Waals surface area contributed by atoms with Crippen LogP contribution >= 0.6 is 0 Å². The van der Waals surface area contributed by atoms with Crippen molar-refractivity contribution in [3.63, 3.8) is 0 Å². The molecular weight excluding hydrogens is 412 g/mol. The van der Waals surface area contributed by atoms with Gasteiger partial charge in [-0.3, -0.25) is 9.59 Å². The molecule has 4 heteroatoms. The van der Waals surface area contributed by atoms with E-state index in [1.807, 2.05) is 0 Å². The molecule has 4 nitrogen and oxygen atoms in total. The van der Waals surface area contributed by atoms with E-state index >= 15 is 0 Å². The van der Waals surface area contributed by atoms with Crippen LogP contribution in [0.1, 0.15) is 100 Å². The summed E-state index contributed by atoms with van der Waals surface area (Å²) in [6.07, 6.45) is 10.5. The van der Waals surface area contributed by atoms with Crippen molar-refractivity contribution < 1.29 is 19.1 Å². The molecule has 3 fully saturated rings. The molecule has 0 radical (unpaired) electrons. The number of hydrogen-bond acceptors (Lipinski definition) is 4. The summed E-state index contributed by atoms with van der Waals surface area (Å²) in [6.45, 7) is 18.1. The summed E-state index contributed by atoms with van der Waals surface area (Å²) in [5.41, 5.74) is 1.91. The SMILES string of the molecule is CC(=O)OC[C@@H]1C(C)=CCC2[C@]3(C)C[C@H](OC(C)=O)C4C(C)(C)CCC[C@]4(C)C3CC[C@@]21C. The van der Waals surface area contributed by atoms with Crippen LogP contribution in [0.5, 0.6) is 0 Å². The van der Waals surface area contributed by atoms with Gasteiger partial charge in [-0.15, -0.1) is 0 Å². The van der Waals surface area contributed by atoms with Gasteiger partial charge in [0.25, 0.3) is 0 Å². The van der Waals surface area contributed by atoms with Crippen LogP contribution < -0.4 is 0 Å². The Kier molecular flexibility index (Phi) is 6.10. The summed E-state index contributed by atoms with van der Waals surface area (Å²) in [5.74, 6) is 1.45. The van der Waals surface area contributed by atoms with Crippen LogP contribution in [-0.4, -0.2) is 24.6 Å². The van der Waals surface area contributed by atoms with E-state index in [4.69, 9.17) is 9.47 Å². The Morgan fingerprint density at radius 3 is 2.27 bits per heavy atom. The Bertz CT molecular complexity index is 843. The van der Waals surface area contributed by atoms with Gasteiger partial charge in [-0.2, -0.15) is 0 Å². The smallest absolute Gasteiger partial charge is 0.302 e. The molecule has 0 spiro atoms. The monoisotopic (exact) mass is 458 g/mol. The van der Waals surface area contributed by atoms with Crippen molar-refractivity contribution in [2.24, 2.45) is 45.3 Å². The number of fused-ring (bicyclic) bond motifs is 5. The zero-order chi connectivity index (χ0) is 24.4. The first-order valence-electron chi connectivity index (χ1n) is 13.2. The molecule has 186 valence electrons. The fraction of sp³-hybridized carbons (Fsp3) is 0.862. The summed E-state index contributed by atoms with van der Waals surface area (Å²) in [7, 11) is 0. The van der Waals surface area contributed by atoms with Crippen molar-refractivity contribution in [3.05, 3.63) is 11.6 Å². The number of hydrogen-bond donors (Lipinski definition) is 0. The topological polar surface area (TPSA) is 52.6 Å². The Morgan fingerprint density at radius 2 is 1.64 bits per heavy atom. The second kappa shape index (κ2) is 8.12. The molecule has 0 heterocycles. The van der Waals surface area contributed by atoms with Crippen molar-refractivity contribution in [2.45, 2.75) is 106 Å². The molecule has 0 aromatic rings. The zero-order valence-corrected chi connectivity index (χ0v) is 22.3. The highest BCUT2D eigenvalue weighted by Gasteiger charge is 2.68. The van der Waals surface area contributed by atoms with Crippen LogP contribution in [0.3, 0.4) is 0 Å². The molecule has 0 saturated heterocycles. The normalized spacial score (nSPS) is 46.2. The molecule has 8 atom stereocenters. The van der Waals surface area contributed by atoms with Gasteiger partial charge in [-0.05, 0) is 78.9 Å². The van der Waals surface area contributed by atoms with Gasteiger partial charge in [-0.25, -0.2) is 0 Å². The van der Waals surface area contributed by atoms with E-state index < -0.39 is 0 Å². The maximum atomic E-state index is 12.3.